The number of rotatable bonds is 0. The fourth-order valence-electron chi connectivity index (χ4n) is 2.72. The SMILES string of the molecule is CC(C)N.O=C1NC2C=CC=C3C(O)CCCN1C32. The van der Waals surface area contributed by atoms with E-state index in [0.717, 1.165) is 25.0 Å². The van der Waals surface area contributed by atoms with Crippen molar-refractivity contribution in [3.05, 3.63) is 23.8 Å². The number of amides is 2. The molecule has 2 fully saturated rings. The van der Waals surface area contributed by atoms with Crippen LogP contribution in [0.4, 0.5) is 4.79 Å². The lowest BCUT2D eigenvalue weighted by molar-refractivity contribution is 0.192. The molecule has 2 aliphatic heterocycles. The van der Waals surface area contributed by atoms with Gasteiger partial charge >= 0.3 is 6.03 Å². The Labute approximate surface area is 114 Å². The summed E-state index contributed by atoms with van der Waals surface area (Å²) in [6, 6.07) is 0.418. The molecular formula is C14H23N3O2. The van der Waals surface area contributed by atoms with E-state index in [2.05, 4.69) is 5.32 Å². The second-order valence-electron chi connectivity index (χ2n) is 5.57. The predicted octanol–water partition coefficient (Wildman–Crippen LogP) is 0.753. The van der Waals surface area contributed by atoms with E-state index in [4.69, 9.17) is 5.73 Å². The first-order chi connectivity index (χ1) is 9.00. The van der Waals surface area contributed by atoms with Gasteiger partial charge in [-0.05, 0) is 24.5 Å². The van der Waals surface area contributed by atoms with Crippen molar-refractivity contribution < 1.29 is 9.90 Å². The van der Waals surface area contributed by atoms with Gasteiger partial charge < -0.3 is 21.1 Å². The maximum absolute atomic E-state index is 11.7. The summed E-state index contributed by atoms with van der Waals surface area (Å²) in [5.41, 5.74) is 6.10. The van der Waals surface area contributed by atoms with Crippen LogP contribution < -0.4 is 11.1 Å². The van der Waals surface area contributed by atoms with E-state index in [1.165, 1.54) is 0 Å². The first-order valence-corrected chi connectivity index (χ1v) is 6.89. The van der Waals surface area contributed by atoms with Gasteiger partial charge in [0.1, 0.15) is 0 Å². The number of hydrogen-bond acceptors (Lipinski definition) is 3. The first-order valence-electron chi connectivity index (χ1n) is 6.89. The summed E-state index contributed by atoms with van der Waals surface area (Å²) in [7, 11) is 0. The van der Waals surface area contributed by atoms with Crippen LogP contribution in [-0.4, -0.2) is 46.8 Å². The zero-order valence-corrected chi connectivity index (χ0v) is 11.5. The fourth-order valence-corrected chi connectivity index (χ4v) is 2.72. The number of nitrogens with zero attached hydrogens (tertiary/aromatic N) is 1. The molecule has 5 nitrogen and oxygen atoms in total. The molecule has 0 aromatic carbocycles. The lowest BCUT2D eigenvalue weighted by Gasteiger charge is -2.28. The molecule has 2 saturated heterocycles. The van der Waals surface area contributed by atoms with Crippen LogP contribution in [0.1, 0.15) is 26.7 Å². The summed E-state index contributed by atoms with van der Waals surface area (Å²) in [5, 5.41) is 12.9. The van der Waals surface area contributed by atoms with Crippen molar-refractivity contribution in [1.82, 2.24) is 10.2 Å². The van der Waals surface area contributed by atoms with Gasteiger partial charge in [0.25, 0.3) is 0 Å². The van der Waals surface area contributed by atoms with Gasteiger partial charge in [0, 0.05) is 6.54 Å². The minimum Gasteiger partial charge on any atom is -0.389 e. The lowest BCUT2D eigenvalue weighted by atomic mass is 9.91. The van der Waals surface area contributed by atoms with Crippen molar-refractivity contribution in [3.8, 4) is 0 Å². The van der Waals surface area contributed by atoms with E-state index in [1.807, 2.05) is 37.0 Å². The molecule has 3 atom stereocenters. The third-order valence-electron chi connectivity index (χ3n) is 3.44. The summed E-state index contributed by atoms with van der Waals surface area (Å²) < 4.78 is 0. The van der Waals surface area contributed by atoms with Crippen LogP contribution in [0.25, 0.3) is 0 Å². The number of aliphatic hydroxyl groups is 1. The summed E-state index contributed by atoms with van der Waals surface area (Å²) >= 11 is 0. The number of carbonyl (C=O) groups is 1. The highest BCUT2D eigenvalue weighted by Crippen LogP contribution is 2.31. The number of nitrogens with two attached hydrogens (primary N) is 1. The van der Waals surface area contributed by atoms with E-state index in [9.17, 15) is 9.90 Å². The van der Waals surface area contributed by atoms with Crippen LogP contribution in [0.5, 0.6) is 0 Å². The molecule has 4 N–H and O–H groups in total. The Hall–Kier alpha value is -1.33. The van der Waals surface area contributed by atoms with E-state index >= 15 is 0 Å². The molecule has 0 aromatic rings. The second kappa shape index (κ2) is 5.75. The van der Waals surface area contributed by atoms with Gasteiger partial charge in [0.15, 0.2) is 0 Å². The Bertz CT molecular complexity index is 401. The van der Waals surface area contributed by atoms with Crippen molar-refractivity contribution in [2.75, 3.05) is 6.54 Å². The maximum atomic E-state index is 11.7. The molecule has 0 radical (unpaired) electrons. The highest BCUT2D eigenvalue weighted by atomic mass is 16.3. The normalized spacial score (nSPS) is 32.1. The van der Waals surface area contributed by atoms with Gasteiger partial charge in [-0.3, -0.25) is 0 Å². The van der Waals surface area contributed by atoms with Crippen LogP contribution in [-0.2, 0) is 0 Å². The Balaban J connectivity index is 0.000000297. The van der Waals surface area contributed by atoms with Crippen LogP contribution >= 0.6 is 0 Å². The quantitative estimate of drug-likeness (QED) is 0.605. The van der Waals surface area contributed by atoms with E-state index in [1.54, 1.807) is 0 Å². The average molecular weight is 265 g/mol. The van der Waals surface area contributed by atoms with Crippen molar-refractivity contribution in [2.45, 2.75) is 50.9 Å². The highest BCUT2D eigenvalue weighted by molar-refractivity contribution is 5.79. The molecule has 1 aliphatic carbocycles. The summed E-state index contributed by atoms with van der Waals surface area (Å²) in [5.74, 6) is 0. The topological polar surface area (TPSA) is 78.6 Å². The zero-order chi connectivity index (χ0) is 14.0. The van der Waals surface area contributed by atoms with Crippen molar-refractivity contribution in [2.24, 2.45) is 5.73 Å². The van der Waals surface area contributed by atoms with Gasteiger partial charge in [-0.15, -0.1) is 0 Å². The maximum Gasteiger partial charge on any atom is 0.318 e. The Kier molecular flexibility index (Phi) is 4.27. The number of allylic oxidation sites excluding steroid dienone is 2. The van der Waals surface area contributed by atoms with Crippen molar-refractivity contribution >= 4 is 6.03 Å². The van der Waals surface area contributed by atoms with Crippen molar-refractivity contribution in [1.29, 1.82) is 0 Å². The Morgan fingerprint density at radius 2 is 2.21 bits per heavy atom. The Morgan fingerprint density at radius 1 is 1.53 bits per heavy atom. The van der Waals surface area contributed by atoms with Crippen LogP contribution in [0, 0.1) is 0 Å². The van der Waals surface area contributed by atoms with E-state index < -0.39 is 0 Å². The second-order valence-corrected chi connectivity index (χ2v) is 5.57. The predicted molar refractivity (Wildman–Crippen MR) is 74.6 cm³/mol. The third kappa shape index (κ3) is 2.98. The van der Waals surface area contributed by atoms with Crippen LogP contribution in [0.3, 0.4) is 0 Å². The van der Waals surface area contributed by atoms with Gasteiger partial charge in [-0.2, -0.15) is 0 Å². The molecule has 2 amide bonds. The van der Waals surface area contributed by atoms with Gasteiger partial charge in [0.2, 0.25) is 0 Å². The molecule has 2 heterocycles. The minimum atomic E-state index is -0.389. The monoisotopic (exact) mass is 265 g/mol. The van der Waals surface area contributed by atoms with E-state index in [-0.39, 0.29) is 24.2 Å². The fraction of sp³-hybridized carbons (Fsp3) is 0.643. The molecule has 3 unspecified atom stereocenters. The van der Waals surface area contributed by atoms with E-state index in [0.29, 0.717) is 6.04 Å². The molecular weight excluding hydrogens is 242 g/mol. The van der Waals surface area contributed by atoms with Gasteiger partial charge in [-0.1, -0.05) is 32.1 Å². The molecule has 0 spiro atoms. The average Bonchev–Trinajstić information content (AvgIpc) is 2.53. The number of nitrogens with one attached hydrogen (secondary N) is 1. The number of aliphatic hydroxyl groups excluding tert-OH is 1. The van der Waals surface area contributed by atoms with Crippen LogP contribution in [0.15, 0.2) is 23.8 Å². The molecule has 5 heteroatoms. The molecule has 0 bridgehead atoms. The highest BCUT2D eigenvalue weighted by Gasteiger charge is 2.43. The number of carbonyl (C=O) groups excluding carboxylic acids is 1. The number of hydrogen-bond donors (Lipinski definition) is 3. The first kappa shape index (κ1) is 14.1. The molecule has 0 saturated carbocycles. The molecule has 106 valence electrons. The minimum absolute atomic E-state index is 0.00319. The lowest BCUT2D eigenvalue weighted by Crippen LogP contribution is -2.40. The molecule has 3 aliphatic rings. The summed E-state index contributed by atoms with van der Waals surface area (Å²) in [4.78, 5) is 13.5. The van der Waals surface area contributed by atoms with Gasteiger partial charge in [0.05, 0.1) is 18.2 Å². The molecule has 19 heavy (non-hydrogen) atoms. The third-order valence-corrected chi connectivity index (χ3v) is 3.44. The molecule has 0 aromatic heterocycles. The summed E-state index contributed by atoms with van der Waals surface area (Å²) in [6.07, 6.45) is 7.10. The Morgan fingerprint density at radius 3 is 2.89 bits per heavy atom. The summed E-state index contributed by atoms with van der Waals surface area (Å²) in [6.45, 7) is 4.63. The van der Waals surface area contributed by atoms with Gasteiger partial charge in [-0.25, -0.2) is 4.79 Å². The smallest absolute Gasteiger partial charge is 0.318 e. The largest absolute Gasteiger partial charge is 0.389 e. The van der Waals surface area contributed by atoms with Crippen molar-refractivity contribution in [3.63, 3.8) is 0 Å². The number of urea groups is 1. The van der Waals surface area contributed by atoms with Crippen LogP contribution in [0.2, 0.25) is 0 Å². The standard InChI is InChI=1S/C11H14N2O2.C3H9N/c14-9-5-2-6-13-10-7(9)3-1-4-8(10)12-11(13)15;1-3(2)4/h1,3-4,8-10,14H,2,5-6H2,(H,12,15);3H,4H2,1-2H3. The zero-order valence-electron chi connectivity index (χ0n) is 11.5. The molecule has 3 rings (SSSR count).